The monoisotopic (exact) mass is 212 g/mol. The van der Waals surface area contributed by atoms with Crippen molar-refractivity contribution in [2.45, 2.75) is 24.6 Å². The van der Waals surface area contributed by atoms with Gasteiger partial charge in [0.1, 0.15) is 0 Å². The molecule has 0 saturated carbocycles. The predicted octanol–water partition coefficient (Wildman–Crippen LogP) is 1.03. The fraction of sp³-hybridized carbons (Fsp3) is 1.00. The molecule has 1 N–H and O–H groups in total. The molecule has 0 radical (unpaired) electrons. The molecule has 0 aromatic carbocycles. The van der Waals surface area contributed by atoms with Gasteiger partial charge in [0.2, 0.25) is 0 Å². The van der Waals surface area contributed by atoms with Gasteiger partial charge in [-0.1, -0.05) is 6.92 Å². The maximum absolute atomic E-state index is 3.51. The van der Waals surface area contributed by atoms with Crippen LogP contribution in [0.3, 0.4) is 0 Å². The van der Waals surface area contributed by atoms with Crippen LogP contribution < -0.4 is 5.32 Å². The number of rotatable bonds is 1. The van der Waals surface area contributed by atoms with E-state index in [0.717, 1.165) is 23.1 Å². The van der Waals surface area contributed by atoms with Crippen LogP contribution in [0, 0.1) is 11.8 Å². The zero-order chi connectivity index (χ0) is 9.54. The zero-order valence-electron chi connectivity index (χ0n) is 8.91. The van der Waals surface area contributed by atoms with Crippen molar-refractivity contribution in [3.8, 4) is 0 Å². The van der Waals surface area contributed by atoms with Crippen molar-refractivity contribution in [1.29, 1.82) is 0 Å². The van der Waals surface area contributed by atoms with Crippen LogP contribution in [0.1, 0.15) is 13.3 Å². The Morgan fingerprint density at radius 3 is 2.50 bits per heavy atom. The number of hydrogen-bond donors (Lipinski definition) is 1. The van der Waals surface area contributed by atoms with Gasteiger partial charge in [-0.2, -0.15) is 11.8 Å². The molecule has 0 spiro atoms. The molecule has 2 nitrogen and oxygen atoms in total. The minimum Gasteiger partial charge on any atom is -0.316 e. The van der Waals surface area contributed by atoms with E-state index in [2.05, 4.69) is 28.9 Å². The number of nitrogens with zero attached hydrogens (tertiary/aromatic N) is 1. The van der Waals surface area contributed by atoms with Crippen molar-refractivity contribution in [2.75, 3.05) is 31.9 Å². The second-order valence-corrected chi connectivity index (χ2v) is 6.64. The first-order valence-electron chi connectivity index (χ1n) is 5.89. The van der Waals surface area contributed by atoms with Crippen molar-refractivity contribution in [1.82, 2.24) is 10.2 Å². The molecule has 0 amide bonds. The van der Waals surface area contributed by atoms with Gasteiger partial charge in [-0.25, -0.2) is 0 Å². The Morgan fingerprint density at radius 1 is 1.21 bits per heavy atom. The lowest BCUT2D eigenvalue weighted by atomic mass is 10.0. The lowest BCUT2D eigenvalue weighted by molar-refractivity contribution is 0.241. The second kappa shape index (κ2) is 3.69. The summed E-state index contributed by atoms with van der Waals surface area (Å²) in [5, 5.41) is 4.41. The normalized spacial score (nSPS) is 48.6. The Labute approximate surface area is 90.8 Å². The molecule has 2 unspecified atom stereocenters. The van der Waals surface area contributed by atoms with Crippen LogP contribution in [0.25, 0.3) is 0 Å². The lowest BCUT2D eigenvalue weighted by Crippen LogP contribution is -2.35. The maximum atomic E-state index is 3.51. The highest BCUT2D eigenvalue weighted by Crippen LogP contribution is 2.35. The summed E-state index contributed by atoms with van der Waals surface area (Å²) in [6, 6.07) is 0.903. The van der Waals surface area contributed by atoms with E-state index >= 15 is 0 Å². The van der Waals surface area contributed by atoms with E-state index in [1.54, 1.807) is 0 Å². The minimum absolute atomic E-state index is 0.901. The van der Waals surface area contributed by atoms with E-state index in [1.165, 1.54) is 38.4 Å². The molecular formula is C11H20N2S. The molecule has 0 aromatic heterocycles. The zero-order valence-corrected chi connectivity index (χ0v) is 9.72. The first-order chi connectivity index (χ1) is 6.83. The fourth-order valence-corrected chi connectivity index (χ4v) is 4.49. The molecule has 3 aliphatic heterocycles. The number of likely N-dealkylation sites (tertiary alicyclic amines) is 1. The third-order valence-corrected chi connectivity index (χ3v) is 5.45. The third-order valence-electron chi connectivity index (χ3n) is 4.11. The van der Waals surface area contributed by atoms with Gasteiger partial charge in [0, 0.05) is 30.1 Å². The maximum Gasteiger partial charge on any atom is 0.0197 e. The number of fused-ring (bicyclic) bond motifs is 1. The van der Waals surface area contributed by atoms with Gasteiger partial charge in [0.25, 0.3) is 0 Å². The largest absolute Gasteiger partial charge is 0.316 e. The smallest absolute Gasteiger partial charge is 0.0197 e. The summed E-state index contributed by atoms with van der Waals surface area (Å²) in [7, 11) is 0. The van der Waals surface area contributed by atoms with Crippen LogP contribution >= 0.6 is 11.8 Å². The molecule has 14 heavy (non-hydrogen) atoms. The topological polar surface area (TPSA) is 15.3 Å². The Morgan fingerprint density at radius 2 is 1.93 bits per heavy atom. The summed E-state index contributed by atoms with van der Waals surface area (Å²) in [5.41, 5.74) is 0. The molecule has 3 aliphatic rings. The van der Waals surface area contributed by atoms with Crippen molar-refractivity contribution in [3.63, 3.8) is 0 Å². The third kappa shape index (κ3) is 1.59. The van der Waals surface area contributed by atoms with Gasteiger partial charge in [0.15, 0.2) is 0 Å². The van der Waals surface area contributed by atoms with E-state index in [-0.39, 0.29) is 0 Å². The highest BCUT2D eigenvalue weighted by molar-refractivity contribution is 8.00. The molecule has 0 bridgehead atoms. The van der Waals surface area contributed by atoms with Crippen LogP contribution in [0.4, 0.5) is 0 Å². The summed E-state index contributed by atoms with van der Waals surface area (Å²) < 4.78 is 0. The predicted molar refractivity (Wildman–Crippen MR) is 61.7 cm³/mol. The van der Waals surface area contributed by atoms with E-state index in [4.69, 9.17) is 0 Å². The van der Waals surface area contributed by atoms with Crippen molar-refractivity contribution in [3.05, 3.63) is 0 Å². The van der Waals surface area contributed by atoms with E-state index in [0.29, 0.717) is 0 Å². The van der Waals surface area contributed by atoms with Gasteiger partial charge >= 0.3 is 0 Å². The van der Waals surface area contributed by atoms with E-state index < -0.39 is 0 Å². The molecule has 0 aliphatic carbocycles. The molecule has 3 heterocycles. The summed E-state index contributed by atoms with van der Waals surface area (Å²) in [5.74, 6) is 3.32. The first kappa shape index (κ1) is 9.49. The van der Waals surface area contributed by atoms with Crippen LogP contribution in [-0.4, -0.2) is 48.1 Å². The summed E-state index contributed by atoms with van der Waals surface area (Å²) in [4.78, 5) is 2.77. The van der Waals surface area contributed by atoms with Crippen LogP contribution in [0.5, 0.6) is 0 Å². The van der Waals surface area contributed by atoms with Crippen LogP contribution in [0.2, 0.25) is 0 Å². The van der Waals surface area contributed by atoms with Crippen molar-refractivity contribution < 1.29 is 0 Å². The van der Waals surface area contributed by atoms with Crippen molar-refractivity contribution in [2.24, 2.45) is 11.8 Å². The Balaban J connectivity index is 1.60. The van der Waals surface area contributed by atoms with Gasteiger partial charge in [-0.15, -0.1) is 0 Å². The Kier molecular flexibility index (Phi) is 2.50. The molecule has 3 fully saturated rings. The lowest BCUT2D eigenvalue weighted by Gasteiger charge is -2.24. The molecule has 4 atom stereocenters. The minimum atomic E-state index is 0.901. The van der Waals surface area contributed by atoms with Crippen molar-refractivity contribution >= 4 is 11.8 Å². The summed E-state index contributed by atoms with van der Waals surface area (Å²) >= 11 is 2.16. The molecular weight excluding hydrogens is 192 g/mol. The molecule has 3 saturated heterocycles. The van der Waals surface area contributed by atoms with Gasteiger partial charge in [0.05, 0.1) is 0 Å². The summed E-state index contributed by atoms with van der Waals surface area (Å²) in [6.45, 7) is 7.67. The molecule has 3 heteroatoms. The SMILES string of the molecule is CC1CC(N2C[C@H]3CNC[C@H]3C2)CS1. The highest BCUT2D eigenvalue weighted by Gasteiger charge is 2.40. The van der Waals surface area contributed by atoms with Gasteiger partial charge in [-0.3, -0.25) is 4.90 Å². The molecule has 3 rings (SSSR count). The van der Waals surface area contributed by atoms with Crippen LogP contribution in [-0.2, 0) is 0 Å². The fourth-order valence-electron chi connectivity index (χ4n) is 3.24. The van der Waals surface area contributed by atoms with E-state index in [1.807, 2.05) is 0 Å². The molecule has 0 aromatic rings. The van der Waals surface area contributed by atoms with Gasteiger partial charge < -0.3 is 5.32 Å². The summed E-state index contributed by atoms with van der Waals surface area (Å²) in [6.07, 6.45) is 1.43. The average Bonchev–Trinajstić information content (AvgIpc) is 2.75. The second-order valence-electron chi connectivity index (χ2n) is 5.17. The first-order valence-corrected chi connectivity index (χ1v) is 6.94. The van der Waals surface area contributed by atoms with Gasteiger partial charge in [-0.05, 0) is 31.3 Å². The van der Waals surface area contributed by atoms with E-state index in [9.17, 15) is 0 Å². The Hall–Kier alpha value is 0.270. The number of nitrogens with one attached hydrogen (secondary N) is 1. The number of thioether (sulfide) groups is 1. The molecule has 80 valence electrons. The average molecular weight is 212 g/mol. The highest BCUT2D eigenvalue weighted by atomic mass is 32.2. The van der Waals surface area contributed by atoms with Crippen LogP contribution in [0.15, 0.2) is 0 Å². The Bertz CT molecular complexity index is 209. The number of hydrogen-bond acceptors (Lipinski definition) is 3. The standard InChI is InChI=1S/C11H20N2S/c1-8-2-11(7-14-8)13-5-9-3-12-4-10(9)6-13/h8-12H,2-7H2,1H3/t8?,9-,10+,11?. The quantitative estimate of drug-likeness (QED) is 0.699.